The summed E-state index contributed by atoms with van der Waals surface area (Å²) in [4.78, 5) is 0. The van der Waals surface area contributed by atoms with Crippen molar-refractivity contribution in [2.24, 2.45) is 11.8 Å². The Hall–Kier alpha value is -1.03. The Bertz CT molecular complexity index is 631. The minimum atomic E-state index is -2.90. The number of benzene rings is 1. The molecule has 3 nitrogen and oxygen atoms in total. The molecular formula is C22H36O3S. The highest BCUT2D eigenvalue weighted by molar-refractivity contribution is 7.92. The van der Waals surface area contributed by atoms with Crippen LogP contribution in [0.4, 0.5) is 0 Å². The van der Waals surface area contributed by atoms with Gasteiger partial charge in [0.15, 0.2) is 9.84 Å². The molecular weight excluding hydrogens is 344 g/mol. The number of sulfone groups is 1. The van der Waals surface area contributed by atoms with Gasteiger partial charge in [-0.1, -0.05) is 38.3 Å². The molecule has 0 radical (unpaired) electrons. The second kappa shape index (κ2) is 10.3. The summed E-state index contributed by atoms with van der Waals surface area (Å²) in [6.45, 7) is 6.53. The smallest absolute Gasteiger partial charge is 0.153 e. The number of hydrogen-bond acceptors (Lipinski definition) is 3. The van der Waals surface area contributed by atoms with E-state index in [1.807, 2.05) is 26.8 Å². The van der Waals surface area contributed by atoms with Crippen molar-refractivity contribution in [3.63, 3.8) is 0 Å². The highest BCUT2D eigenvalue weighted by atomic mass is 32.2. The van der Waals surface area contributed by atoms with Crippen LogP contribution in [0.5, 0.6) is 5.75 Å². The topological polar surface area (TPSA) is 43.4 Å². The second-order valence-electron chi connectivity index (χ2n) is 7.91. The van der Waals surface area contributed by atoms with E-state index in [-0.39, 0.29) is 5.25 Å². The molecule has 0 spiro atoms. The maximum absolute atomic E-state index is 12.3. The van der Waals surface area contributed by atoms with Gasteiger partial charge in [-0.3, -0.25) is 0 Å². The van der Waals surface area contributed by atoms with Crippen LogP contribution in [0.25, 0.3) is 0 Å². The van der Waals surface area contributed by atoms with E-state index in [2.05, 4.69) is 18.2 Å². The molecule has 0 bridgehead atoms. The predicted octanol–water partition coefficient (Wildman–Crippen LogP) is 5.43. The van der Waals surface area contributed by atoms with Crippen LogP contribution >= 0.6 is 0 Å². The molecule has 0 saturated heterocycles. The monoisotopic (exact) mass is 380 g/mol. The van der Waals surface area contributed by atoms with Gasteiger partial charge < -0.3 is 4.74 Å². The summed E-state index contributed by atoms with van der Waals surface area (Å²) in [6, 6.07) is 8.42. The fourth-order valence-electron chi connectivity index (χ4n) is 3.99. The molecule has 26 heavy (non-hydrogen) atoms. The molecule has 2 rings (SSSR count). The zero-order valence-corrected chi connectivity index (χ0v) is 17.6. The standard InChI is InChI=1S/C22H36O3S/c1-4-18(3)26(23,24)17-21-14-12-19(13-15-21)8-6-9-20-10-7-11-22(16-20)25-5-2/h7,10-11,16,18-19,21H,4-6,8-9,12-15,17H2,1-3H3. The Morgan fingerprint density at radius 1 is 1.12 bits per heavy atom. The fourth-order valence-corrected chi connectivity index (χ4v) is 5.81. The van der Waals surface area contributed by atoms with Crippen LogP contribution < -0.4 is 4.74 Å². The summed E-state index contributed by atoms with van der Waals surface area (Å²) in [5, 5.41) is -0.187. The first-order valence-electron chi connectivity index (χ1n) is 10.4. The fraction of sp³-hybridized carbons (Fsp3) is 0.727. The van der Waals surface area contributed by atoms with Crippen molar-refractivity contribution < 1.29 is 13.2 Å². The third kappa shape index (κ3) is 6.61. The van der Waals surface area contributed by atoms with E-state index < -0.39 is 9.84 Å². The Kier molecular flexibility index (Phi) is 8.46. The highest BCUT2D eigenvalue weighted by Gasteiger charge is 2.27. The molecule has 1 aromatic rings. The summed E-state index contributed by atoms with van der Waals surface area (Å²) >= 11 is 0. The number of hydrogen-bond donors (Lipinski definition) is 0. The minimum Gasteiger partial charge on any atom is -0.494 e. The van der Waals surface area contributed by atoms with Gasteiger partial charge in [-0.05, 0) is 75.5 Å². The van der Waals surface area contributed by atoms with Gasteiger partial charge in [-0.2, -0.15) is 0 Å². The second-order valence-corrected chi connectivity index (χ2v) is 10.4. The maximum atomic E-state index is 12.3. The van der Waals surface area contributed by atoms with Crippen LogP contribution in [0.1, 0.15) is 71.3 Å². The van der Waals surface area contributed by atoms with Crippen molar-refractivity contribution in [2.75, 3.05) is 12.4 Å². The van der Waals surface area contributed by atoms with Crippen LogP contribution in [0.3, 0.4) is 0 Å². The number of ether oxygens (including phenoxy) is 1. The van der Waals surface area contributed by atoms with Crippen LogP contribution in [-0.4, -0.2) is 26.0 Å². The molecule has 0 heterocycles. The lowest BCUT2D eigenvalue weighted by Crippen LogP contribution is -2.27. The normalized spacial score (nSPS) is 22.1. The summed E-state index contributed by atoms with van der Waals surface area (Å²) in [6.07, 6.45) is 8.84. The van der Waals surface area contributed by atoms with Crippen molar-refractivity contribution in [2.45, 2.75) is 77.4 Å². The average molecular weight is 381 g/mol. The van der Waals surface area contributed by atoms with Gasteiger partial charge in [0, 0.05) is 0 Å². The van der Waals surface area contributed by atoms with Crippen LogP contribution in [0, 0.1) is 11.8 Å². The lowest BCUT2D eigenvalue weighted by atomic mass is 9.80. The molecule has 1 aromatic carbocycles. The van der Waals surface area contributed by atoms with E-state index in [4.69, 9.17) is 4.74 Å². The molecule has 0 aromatic heterocycles. The molecule has 0 aliphatic heterocycles. The van der Waals surface area contributed by atoms with Gasteiger partial charge in [0.05, 0.1) is 17.6 Å². The van der Waals surface area contributed by atoms with E-state index in [0.29, 0.717) is 18.3 Å². The third-order valence-electron chi connectivity index (χ3n) is 5.91. The Balaban J connectivity index is 1.70. The SMILES string of the molecule is CCOc1cccc(CCCC2CCC(CS(=O)(=O)C(C)CC)CC2)c1. The molecule has 1 fully saturated rings. The average Bonchev–Trinajstić information content (AvgIpc) is 2.63. The zero-order valence-electron chi connectivity index (χ0n) is 16.7. The van der Waals surface area contributed by atoms with Gasteiger partial charge >= 0.3 is 0 Å². The number of rotatable bonds is 10. The third-order valence-corrected chi connectivity index (χ3v) is 8.41. The van der Waals surface area contributed by atoms with E-state index >= 15 is 0 Å². The summed E-state index contributed by atoms with van der Waals surface area (Å²) in [7, 11) is -2.90. The molecule has 1 saturated carbocycles. The van der Waals surface area contributed by atoms with Gasteiger partial charge in [0.2, 0.25) is 0 Å². The number of aryl methyl sites for hydroxylation is 1. The summed E-state index contributed by atoms with van der Waals surface area (Å²) < 4.78 is 30.2. The van der Waals surface area contributed by atoms with Crippen molar-refractivity contribution in [1.82, 2.24) is 0 Å². The van der Waals surface area contributed by atoms with Gasteiger partial charge in [-0.15, -0.1) is 0 Å². The quantitative estimate of drug-likeness (QED) is 0.544. The van der Waals surface area contributed by atoms with Crippen LogP contribution in [-0.2, 0) is 16.3 Å². The molecule has 1 unspecified atom stereocenters. The molecule has 1 aliphatic rings. The van der Waals surface area contributed by atoms with Crippen molar-refractivity contribution in [3.8, 4) is 5.75 Å². The molecule has 4 heteroatoms. The van der Waals surface area contributed by atoms with E-state index in [9.17, 15) is 8.42 Å². The first-order valence-corrected chi connectivity index (χ1v) is 12.1. The zero-order chi connectivity index (χ0) is 19.0. The molecule has 148 valence electrons. The minimum absolute atomic E-state index is 0.187. The summed E-state index contributed by atoms with van der Waals surface area (Å²) in [5.74, 6) is 2.52. The van der Waals surface area contributed by atoms with Crippen LogP contribution in [0.15, 0.2) is 24.3 Å². The maximum Gasteiger partial charge on any atom is 0.153 e. The largest absolute Gasteiger partial charge is 0.494 e. The first kappa shape index (κ1) is 21.3. The van der Waals surface area contributed by atoms with E-state index in [0.717, 1.165) is 37.4 Å². The molecule has 0 amide bonds. The van der Waals surface area contributed by atoms with E-state index in [1.165, 1.54) is 31.2 Å². The Labute approximate surface area is 160 Å². The van der Waals surface area contributed by atoms with Crippen molar-refractivity contribution in [1.29, 1.82) is 0 Å². The van der Waals surface area contributed by atoms with Crippen molar-refractivity contribution in [3.05, 3.63) is 29.8 Å². The lowest BCUT2D eigenvalue weighted by molar-refractivity contribution is 0.274. The molecule has 1 atom stereocenters. The highest BCUT2D eigenvalue weighted by Crippen LogP contribution is 2.33. The van der Waals surface area contributed by atoms with Gasteiger partial charge in [0.1, 0.15) is 5.75 Å². The Morgan fingerprint density at radius 2 is 1.81 bits per heavy atom. The molecule has 0 N–H and O–H groups in total. The lowest BCUT2D eigenvalue weighted by Gasteiger charge is -2.29. The molecule has 1 aliphatic carbocycles. The predicted molar refractivity (Wildman–Crippen MR) is 110 cm³/mol. The Morgan fingerprint density at radius 3 is 2.46 bits per heavy atom. The first-order chi connectivity index (χ1) is 12.4. The van der Waals surface area contributed by atoms with Crippen LogP contribution in [0.2, 0.25) is 0 Å². The summed E-state index contributed by atoms with van der Waals surface area (Å²) in [5.41, 5.74) is 1.35. The van der Waals surface area contributed by atoms with Gasteiger partial charge in [0.25, 0.3) is 0 Å². The van der Waals surface area contributed by atoms with Gasteiger partial charge in [-0.25, -0.2) is 8.42 Å². The van der Waals surface area contributed by atoms with E-state index in [1.54, 1.807) is 0 Å². The van der Waals surface area contributed by atoms with Crippen molar-refractivity contribution >= 4 is 9.84 Å².